The minimum absolute atomic E-state index is 0.00264. The van der Waals surface area contributed by atoms with Gasteiger partial charge in [-0.05, 0) is 85.0 Å². The number of ketones is 1. The van der Waals surface area contributed by atoms with Crippen LogP contribution in [-0.4, -0.2) is 35.5 Å². The third-order valence-corrected chi connectivity index (χ3v) is 8.35. The van der Waals surface area contributed by atoms with Gasteiger partial charge in [0, 0.05) is 29.5 Å². The molecule has 2 heterocycles. The predicted molar refractivity (Wildman–Crippen MR) is 137 cm³/mol. The Kier molecular flexibility index (Phi) is 5.87. The number of fused-ring (bicyclic) bond motifs is 5. The molecule has 184 valence electrons. The van der Waals surface area contributed by atoms with Crippen LogP contribution in [0.3, 0.4) is 0 Å². The number of halogens is 1. The lowest BCUT2D eigenvalue weighted by atomic mass is 9.75. The molecule has 2 unspecified atom stereocenters. The molecule has 0 spiro atoms. The van der Waals surface area contributed by atoms with Crippen LogP contribution in [-0.2, 0) is 4.74 Å². The number of aryl methyl sites for hydroxylation is 1. The number of hydrogen-bond donors (Lipinski definition) is 0. The maximum absolute atomic E-state index is 13.6. The van der Waals surface area contributed by atoms with Gasteiger partial charge in [0.05, 0.1) is 0 Å². The van der Waals surface area contributed by atoms with Crippen LogP contribution in [0, 0.1) is 18.7 Å². The van der Waals surface area contributed by atoms with Gasteiger partial charge in [-0.3, -0.25) is 4.79 Å². The zero-order chi connectivity index (χ0) is 24.8. The molecule has 0 radical (unpaired) electrons. The van der Waals surface area contributed by atoms with Crippen LogP contribution in [0.25, 0.3) is 11.1 Å². The number of rotatable bonds is 4. The summed E-state index contributed by atoms with van der Waals surface area (Å²) in [6.07, 6.45) is 3.82. The van der Waals surface area contributed by atoms with E-state index in [0.717, 1.165) is 19.3 Å². The third kappa shape index (κ3) is 3.91. The first kappa shape index (κ1) is 23.0. The van der Waals surface area contributed by atoms with Crippen molar-refractivity contribution in [3.63, 3.8) is 0 Å². The number of benzene rings is 3. The van der Waals surface area contributed by atoms with Crippen molar-refractivity contribution in [3.05, 3.63) is 94.8 Å². The van der Waals surface area contributed by atoms with Crippen LogP contribution in [0.5, 0.6) is 0 Å². The summed E-state index contributed by atoms with van der Waals surface area (Å²) in [6, 6.07) is 21.0. The molecule has 4 nitrogen and oxygen atoms in total. The smallest absolute Gasteiger partial charge is 0.410 e. The Hall–Kier alpha value is -3.47. The fraction of sp³-hybridized carbons (Fsp3) is 0.355. The first-order valence-corrected chi connectivity index (χ1v) is 12.9. The van der Waals surface area contributed by atoms with Gasteiger partial charge >= 0.3 is 6.09 Å². The van der Waals surface area contributed by atoms with E-state index < -0.39 is 0 Å². The highest BCUT2D eigenvalue weighted by Crippen LogP contribution is 2.45. The van der Waals surface area contributed by atoms with Crippen molar-refractivity contribution in [2.24, 2.45) is 5.92 Å². The normalized spacial score (nSPS) is 22.6. The molecule has 2 bridgehead atoms. The predicted octanol–water partition coefficient (Wildman–Crippen LogP) is 6.90. The molecular weight excluding hydrogens is 453 g/mol. The van der Waals surface area contributed by atoms with Crippen molar-refractivity contribution in [1.82, 2.24) is 4.90 Å². The molecule has 36 heavy (non-hydrogen) atoms. The Morgan fingerprint density at radius 3 is 2.14 bits per heavy atom. The van der Waals surface area contributed by atoms with Gasteiger partial charge in [0.15, 0.2) is 5.78 Å². The summed E-state index contributed by atoms with van der Waals surface area (Å²) in [6.45, 7) is 2.09. The molecule has 0 N–H and O–H groups in total. The van der Waals surface area contributed by atoms with Crippen molar-refractivity contribution in [2.45, 2.75) is 57.0 Å². The molecule has 2 atom stereocenters. The number of hydrogen-bond acceptors (Lipinski definition) is 3. The number of carbonyl (C=O) groups is 2. The fourth-order valence-electron chi connectivity index (χ4n) is 6.69. The molecule has 5 heteroatoms. The zero-order valence-electron chi connectivity index (χ0n) is 20.5. The molecule has 1 amide bonds. The van der Waals surface area contributed by atoms with Crippen LogP contribution in [0.15, 0.2) is 66.7 Å². The summed E-state index contributed by atoms with van der Waals surface area (Å²) in [5.41, 5.74) is 6.08. The fourth-order valence-corrected chi connectivity index (χ4v) is 6.69. The standard InChI is InChI=1S/C31H30FNO3/c1-19-15-21(32)13-14-24(19)30(34)20-16-22-7-6-8-23(17-20)33(22)31(35)36-18-29-27-11-4-2-9-25(27)26-10-3-5-12-28(26)29/h2-5,9-15,20,22-23,29H,6-8,16-18H2,1H3. The maximum Gasteiger partial charge on any atom is 0.410 e. The van der Waals surface area contributed by atoms with Gasteiger partial charge in [-0.25, -0.2) is 9.18 Å². The quantitative estimate of drug-likeness (QED) is 0.379. The Balaban J connectivity index is 1.17. The number of carbonyl (C=O) groups excluding carboxylic acids is 2. The number of piperidine rings is 2. The average molecular weight is 484 g/mol. The molecule has 3 aromatic carbocycles. The molecule has 2 saturated heterocycles. The van der Waals surface area contributed by atoms with Crippen LogP contribution in [0.4, 0.5) is 9.18 Å². The Bertz CT molecular complexity index is 1280. The van der Waals surface area contributed by atoms with Gasteiger partial charge in [-0.15, -0.1) is 0 Å². The summed E-state index contributed by atoms with van der Waals surface area (Å²) in [4.78, 5) is 28.6. The average Bonchev–Trinajstić information content (AvgIpc) is 3.20. The summed E-state index contributed by atoms with van der Waals surface area (Å²) in [5.74, 6) is -0.383. The Morgan fingerprint density at radius 2 is 1.53 bits per heavy atom. The second kappa shape index (κ2) is 9.20. The minimum Gasteiger partial charge on any atom is -0.448 e. The lowest BCUT2D eigenvalue weighted by Crippen LogP contribution is -2.56. The Morgan fingerprint density at radius 1 is 0.917 bits per heavy atom. The molecular formula is C31H30FNO3. The largest absolute Gasteiger partial charge is 0.448 e. The van der Waals surface area contributed by atoms with E-state index in [1.54, 1.807) is 13.0 Å². The van der Waals surface area contributed by atoms with E-state index in [-0.39, 0.29) is 41.6 Å². The molecule has 0 aromatic heterocycles. The molecule has 3 aliphatic rings. The van der Waals surface area contributed by atoms with Gasteiger partial charge in [-0.1, -0.05) is 48.5 Å². The van der Waals surface area contributed by atoms with Crippen LogP contribution in [0.1, 0.15) is 65.1 Å². The highest BCUT2D eigenvalue weighted by Gasteiger charge is 2.44. The number of nitrogens with zero attached hydrogens (tertiary/aromatic N) is 1. The lowest BCUT2D eigenvalue weighted by Gasteiger charge is -2.47. The van der Waals surface area contributed by atoms with Gasteiger partial charge in [0.25, 0.3) is 0 Å². The molecule has 1 aliphatic carbocycles. The van der Waals surface area contributed by atoms with E-state index in [1.165, 1.54) is 34.4 Å². The highest BCUT2D eigenvalue weighted by atomic mass is 19.1. The van der Waals surface area contributed by atoms with E-state index in [9.17, 15) is 14.0 Å². The monoisotopic (exact) mass is 483 g/mol. The summed E-state index contributed by atoms with van der Waals surface area (Å²) in [5, 5.41) is 0. The number of Topliss-reactive ketones (excluding diaryl/α,β-unsaturated/α-hetero) is 1. The van der Waals surface area contributed by atoms with E-state index >= 15 is 0 Å². The number of ether oxygens (including phenoxy) is 1. The van der Waals surface area contributed by atoms with Crippen molar-refractivity contribution >= 4 is 11.9 Å². The second-order valence-corrected chi connectivity index (χ2v) is 10.4. The molecule has 2 fully saturated rings. The van der Waals surface area contributed by atoms with E-state index in [4.69, 9.17) is 4.74 Å². The van der Waals surface area contributed by atoms with Gasteiger partial charge in [0.1, 0.15) is 12.4 Å². The van der Waals surface area contributed by atoms with Crippen LogP contribution in [0.2, 0.25) is 0 Å². The molecule has 6 rings (SSSR count). The van der Waals surface area contributed by atoms with Gasteiger partial charge < -0.3 is 9.64 Å². The van der Waals surface area contributed by atoms with Crippen molar-refractivity contribution in [3.8, 4) is 11.1 Å². The van der Waals surface area contributed by atoms with E-state index in [2.05, 4.69) is 24.3 Å². The number of amides is 1. The van der Waals surface area contributed by atoms with Crippen LogP contribution < -0.4 is 0 Å². The van der Waals surface area contributed by atoms with E-state index in [1.807, 2.05) is 29.2 Å². The topological polar surface area (TPSA) is 46.6 Å². The van der Waals surface area contributed by atoms with Crippen molar-refractivity contribution in [1.29, 1.82) is 0 Å². The SMILES string of the molecule is Cc1cc(F)ccc1C(=O)C1CC2CCCC(C1)N2C(=O)OCC1c2ccccc2-c2ccccc21. The molecule has 2 aliphatic heterocycles. The third-order valence-electron chi connectivity index (χ3n) is 8.35. The van der Waals surface area contributed by atoms with Gasteiger partial charge in [-0.2, -0.15) is 0 Å². The second-order valence-electron chi connectivity index (χ2n) is 10.4. The zero-order valence-corrected chi connectivity index (χ0v) is 20.5. The first-order chi connectivity index (χ1) is 17.5. The highest BCUT2D eigenvalue weighted by molar-refractivity contribution is 5.99. The van der Waals surface area contributed by atoms with Crippen LogP contribution >= 0.6 is 0 Å². The molecule has 0 saturated carbocycles. The summed E-state index contributed by atoms with van der Waals surface area (Å²) >= 11 is 0. The van der Waals surface area contributed by atoms with E-state index in [0.29, 0.717) is 30.6 Å². The lowest BCUT2D eigenvalue weighted by molar-refractivity contribution is 0.00649. The first-order valence-electron chi connectivity index (χ1n) is 12.9. The van der Waals surface area contributed by atoms with Gasteiger partial charge in [0.2, 0.25) is 0 Å². The maximum atomic E-state index is 13.6. The summed E-state index contributed by atoms with van der Waals surface area (Å²) < 4.78 is 19.5. The molecule has 3 aromatic rings. The van der Waals surface area contributed by atoms with Crippen molar-refractivity contribution < 1.29 is 18.7 Å². The minimum atomic E-state index is -0.328. The summed E-state index contributed by atoms with van der Waals surface area (Å²) in [7, 11) is 0. The Labute approximate surface area is 211 Å². The van der Waals surface area contributed by atoms with Crippen molar-refractivity contribution in [2.75, 3.05) is 6.61 Å².